The third-order valence-corrected chi connectivity index (χ3v) is 3.07. The molecule has 0 amide bonds. The van der Waals surface area contributed by atoms with Crippen LogP contribution in [-0.2, 0) is 0 Å². The van der Waals surface area contributed by atoms with Crippen molar-refractivity contribution in [2.45, 2.75) is 5.92 Å². The van der Waals surface area contributed by atoms with Crippen LogP contribution in [0.2, 0.25) is 0 Å². The third-order valence-electron chi connectivity index (χ3n) is 2.68. The highest BCUT2D eigenvalue weighted by atomic mass is 32.1. The van der Waals surface area contributed by atoms with Gasteiger partial charge < -0.3 is 4.98 Å². The van der Waals surface area contributed by atoms with Crippen molar-refractivity contribution < 1.29 is 0 Å². The lowest BCUT2D eigenvalue weighted by atomic mass is 10.0. The van der Waals surface area contributed by atoms with Gasteiger partial charge in [0, 0.05) is 4.86 Å². The van der Waals surface area contributed by atoms with Gasteiger partial charge in [-0.2, -0.15) is 0 Å². The quantitative estimate of drug-likeness (QED) is 0.757. The first-order valence-electron chi connectivity index (χ1n) is 5.18. The van der Waals surface area contributed by atoms with Crippen LogP contribution >= 0.6 is 12.2 Å². The topological polar surface area (TPSA) is 28.7 Å². The molecule has 1 aromatic carbocycles. The average molecular weight is 226 g/mol. The van der Waals surface area contributed by atoms with Gasteiger partial charge in [0.05, 0.1) is 17.0 Å². The van der Waals surface area contributed by atoms with Crippen LogP contribution in [-0.4, -0.2) is 14.8 Å². The maximum absolute atomic E-state index is 5.32. The second kappa shape index (κ2) is 3.68. The molecule has 0 bridgehead atoms. The molecule has 0 spiro atoms. The van der Waals surface area contributed by atoms with E-state index in [1.807, 2.05) is 42.5 Å². The van der Waals surface area contributed by atoms with Crippen LogP contribution in [0, 0.1) is 0 Å². The van der Waals surface area contributed by atoms with E-state index in [2.05, 4.69) is 16.0 Å². The number of hydrogen-bond donors (Lipinski definition) is 1. The summed E-state index contributed by atoms with van der Waals surface area (Å²) >= 11 is 5.32. The molecule has 1 unspecified atom stereocenters. The Labute approximate surface area is 98.7 Å². The van der Waals surface area contributed by atoms with Crippen molar-refractivity contribution in [3.05, 3.63) is 54.4 Å². The summed E-state index contributed by atoms with van der Waals surface area (Å²) in [5.74, 6) is 1.03. The van der Waals surface area contributed by atoms with Gasteiger partial charge in [-0.1, -0.05) is 42.6 Å². The van der Waals surface area contributed by atoms with E-state index in [1.54, 1.807) is 0 Å². The van der Waals surface area contributed by atoms with Gasteiger partial charge in [0.1, 0.15) is 5.82 Å². The van der Waals surface area contributed by atoms with E-state index in [9.17, 15) is 0 Å². The summed E-state index contributed by atoms with van der Waals surface area (Å²) in [5, 5.41) is 0. The zero-order valence-electron chi connectivity index (χ0n) is 8.55. The van der Waals surface area contributed by atoms with E-state index in [4.69, 9.17) is 12.2 Å². The Bertz CT molecular complexity index is 574. The standard InChI is InChI=1S/C13H10N2S/c16-12-8-4-1-5-9(12)13-14-10-6-2-3-7-11(10)15-13/h1-9H,(H,14,15). The predicted molar refractivity (Wildman–Crippen MR) is 69.7 cm³/mol. The molecule has 1 atom stereocenters. The SMILES string of the molecule is S=C1C=CC=CC1c1nc2ccccc2[nH]1. The fraction of sp³-hybridized carbons (Fsp3) is 0.0769. The third kappa shape index (κ3) is 1.49. The van der Waals surface area contributed by atoms with Crippen molar-refractivity contribution in [3.63, 3.8) is 0 Å². The van der Waals surface area contributed by atoms with Gasteiger partial charge in [-0.25, -0.2) is 4.98 Å². The number of para-hydroxylation sites is 2. The lowest BCUT2D eigenvalue weighted by Crippen LogP contribution is -2.09. The van der Waals surface area contributed by atoms with Crippen LogP contribution in [0.15, 0.2) is 48.6 Å². The normalized spacial score (nSPS) is 19.5. The Balaban J connectivity index is 2.09. The second-order valence-electron chi connectivity index (χ2n) is 3.76. The molecule has 1 aliphatic carbocycles. The maximum Gasteiger partial charge on any atom is 0.119 e. The molecule has 16 heavy (non-hydrogen) atoms. The summed E-state index contributed by atoms with van der Waals surface area (Å²) in [5.41, 5.74) is 2.05. The fourth-order valence-corrected chi connectivity index (χ4v) is 2.14. The van der Waals surface area contributed by atoms with Gasteiger partial charge in [0.2, 0.25) is 0 Å². The first-order valence-corrected chi connectivity index (χ1v) is 5.59. The van der Waals surface area contributed by atoms with Crippen LogP contribution in [0.25, 0.3) is 11.0 Å². The zero-order valence-corrected chi connectivity index (χ0v) is 9.37. The molecule has 0 saturated carbocycles. The molecule has 78 valence electrons. The second-order valence-corrected chi connectivity index (χ2v) is 4.23. The molecular weight excluding hydrogens is 216 g/mol. The van der Waals surface area contributed by atoms with Crippen molar-refractivity contribution in [3.8, 4) is 0 Å². The maximum atomic E-state index is 5.32. The monoisotopic (exact) mass is 226 g/mol. The summed E-state index contributed by atoms with van der Waals surface area (Å²) < 4.78 is 0. The van der Waals surface area contributed by atoms with E-state index in [0.717, 1.165) is 21.7 Å². The van der Waals surface area contributed by atoms with Gasteiger partial charge in [0.15, 0.2) is 0 Å². The van der Waals surface area contributed by atoms with Crippen molar-refractivity contribution in [1.29, 1.82) is 0 Å². The highest BCUT2D eigenvalue weighted by Crippen LogP contribution is 2.23. The molecule has 2 nitrogen and oxygen atoms in total. The molecule has 0 fully saturated rings. The number of imidazole rings is 1. The number of aromatic nitrogens is 2. The van der Waals surface area contributed by atoms with Crippen LogP contribution in [0.3, 0.4) is 0 Å². The minimum atomic E-state index is 0.104. The summed E-state index contributed by atoms with van der Waals surface area (Å²) in [4.78, 5) is 8.77. The van der Waals surface area contributed by atoms with Gasteiger partial charge in [-0.3, -0.25) is 0 Å². The van der Waals surface area contributed by atoms with E-state index in [1.165, 1.54) is 0 Å². The van der Waals surface area contributed by atoms with Crippen molar-refractivity contribution in [1.82, 2.24) is 9.97 Å². The molecular formula is C13H10N2S. The largest absolute Gasteiger partial charge is 0.341 e. The summed E-state index contributed by atoms with van der Waals surface area (Å²) in [6.45, 7) is 0. The Morgan fingerprint density at radius 2 is 2.06 bits per heavy atom. The molecule has 1 aromatic heterocycles. The van der Waals surface area contributed by atoms with Crippen LogP contribution in [0.4, 0.5) is 0 Å². The summed E-state index contributed by atoms with van der Waals surface area (Å²) in [7, 11) is 0. The van der Waals surface area contributed by atoms with Crippen molar-refractivity contribution in [2.24, 2.45) is 0 Å². The van der Waals surface area contributed by atoms with Crippen LogP contribution < -0.4 is 0 Å². The minimum absolute atomic E-state index is 0.104. The number of H-pyrrole nitrogens is 1. The Morgan fingerprint density at radius 3 is 2.88 bits per heavy atom. The van der Waals surface area contributed by atoms with Gasteiger partial charge in [0.25, 0.3) is 0 Å². The molecule has 1 N–H and O–H groups in total. The number of hydrogen-bond acceptors (Lipinski definition) is 2. The molecule has 3 rings (SSSR count). The number of allylic oxidation sites excluding steroid dienone is 4. The predicted octanol–water partition coefficient (Wildman–Crippen LogP) is 3.14. The Kier molecular flexibility index (Phi) is 2.18. The lowest BCUT2D eigenvalue weighted by Gasteiger charge is -2.10. The van der Waals surface area contributed by atoms with Gasteiger partial charge in [-0.15, -0.1) is 0 Å². The molecule has 1 aliphatic rings. The molecule has 0 radical (unpaired) electrons. The van der Waals surface area contributed by atoms with Crippen molar-refractivity contribution in [2.75, 3.05) is 0 Å². The molecule has 2 aromatic rings. The Hall–Kier alpha value is -1.74. The zero-order chi connectivity index (χ0) is 11.0. The van der Waals surface area contributed by atoms with Gasteiger partial charge in [-0.05, 0) is 18.2 Å². The van der Waals surface area contributed by atoms with Crippen molar-refractivity contribution >= 4 is 28.1 Å². The first kappa shape index (κ1) is 9.48. The number of nitrogens with zero attached hydrogens (tertiary/aromatic N) is 1. The smallest absolute Gasteiger partial charge is 0.119 e. The minimum Gasteiger partial charge on any atom is -0.341 e. The number of nitrogens with one attached hydrogen (secondary N) is 1. The number of benzene rings is 1. The van der Waals surface area contributed by atoms with E-state index in [0.29, 0.717) is 0 Å². The van der Waals surface area contributed by atoms with E-state index < -0.39 is 0 Å². The first-order chi connectivity index (χ1) is 7.84. The molecule has 3 heteroatoms. The number of thiocarbonyl (C=S) groups is 1. The van der Waals surface area contributed by atoms with Gasteiger partial charge >= 0.3 is 0 Å². The van der Waals surface area contributed by atoms with Crippen LogP contribution in [0.1, 0.15) is 11.7 Å². The summed E-state index contributed by atoms with van der Waals surface area (Å²) in [6.07, 6.45) is 7.99. The highest BCUT2D eigenvalue weighted by molar-refractivity contribution is 7.80. The van der Waals surface area contributed by atoms with E-state index in [-0.39, 0.29) is 5.92 Å². The molecule has 0 saturated heterocycles. The molecule has 0 aliphatic heterocycles. The number of fused-ring (bicyclic) bond motifs is 1. The fourth-order valence-electron chi connectivity index (χ4n) is 1.87. The lowest BCUT2D eigenvalue weighted by molar-refractivity contribution is 1.01. The number of aromatic amines is 1. The highest BCUT2D eigenvalue weighted by Gasteiger charge is 2.17. The number of rotatable bonds is 1. The van der Waals surface area contributed by atoms with E-state index >= 15 is 0 Å². The Morgan fingerprint density at radius 1 is 1.19 bits per heavy atom. The average Bonchev–Trinajstić information content (AvgIpc) is 2.73. The van der Waals surface area contributed by atoms with Crippen LogP contribution in [0.5, 0.6) is 0 Å². The molecule has 1 heterocycles. The summed E-state index contributed by atoms with van der Waals surface area (Å²) in [6, 6.07) is 8.01.